The zero-order valence-corrected chi connectivity index (χ0v) is 9.33. The van der Waals surface area contributed by atoms with E-state index in [4.69, 9.17) is 17.3 Å². The van der Waals surface area contributed by atoms with Gasteiger partial charge in [-0.1, -0.05) is 17.7 Å². The lowest BCUT2D eigenvalue weighted by Crippen LogP contribution is -2.23. The average Bonchev–Trinajstić information content (AvgIpc) is 2.22. The first kappa shape index (κ1) is 12.6. The molecule has 5 nitrogen and oxygen atoms in total. The van der Waals surface area contributed by atoms with Crippen LogP contribution in [0.25, 0.3) is 0 Å². The Labute approximate surface area is 98.2 Å². The molecule has 0 saturated carbocycles. The number of carbonyl (C=O) groups excluding carboxylic acids is 1. The number of primary amides is 1. The number of benzene rings is 1. The highest BCUT2D eigenvalue weighted by Gasteiger charge is 1.99. The fourth-order valence-corrected chi connectivity index (χ4v) is 1.32. The van der Waals surface area contributed by atoms with Crippen LogP contribution in [0, 0.1) is 0 Å². The number of nitrogens with one attached hydrogen (secondary N) is 1. The summed E-state index contributed by atoms with van der Waals surface area (Å²) < 4.78 is 4.53. The Morgan fingerprint density at radius 1 is 1.56 bits per heavy atom. The molecule has 1 amide bonds. The van der Waals surface area contributed by atoms with E-state index in [-0.39, 0.29) is 12.4 Å². The van der Waals surface area contributed by atoms with Gasteiger partial charge in [-0.05, 0) is 17.7 Å². The third-order valence-corrected chi connectivity index (χ3v) is 2.17. The maximum Gasteiger partial charge on any atom is 0.404 e. The maximum atomic E-state index is 10.2. The first-order valence-electron chi connectivity index (χ1n) is 4.70. The number of hydrogen-bond donors (Lipinski definition) is 3. The number of rotatable bonds is 5. The number of aromatic hydroxyl groups is 1. The summed E-state index contributed by atoms with van der Waals surface area (Å²) in [5, 5.41) is 12.5. The van der Waals surface area contributed by atoms with Gasteiger partial charge in [0.1, 0.15) is 12.4 Å². The molecule has 0 atom stereocenters. The van der Waals surface area contributed by atoms with Gasteiger partial charge in [0.25, 0.3) is 0 Å². The third kappa shape index (κ3) is 4.37. The molecular weight excluding hydrogens is 232 g/mol. The van der Waals surface area contributed by atoms with Gasteiger partial charge in [0.15, 0.2) is 0 Å². The molecule has 0 spiro atoms. The van der Waals surface area contributed by atoms with Crippen LogP contribution >= 0.6 is 11.6 Å². The van der Waals surface area contributed by atoms with Crippen molar-refractivity contribution in [3.63, 3.8) is 0 Å². The molecule has 6 heteroatoms. The summed E-state index contributed by atoms with van der Waals surface area (Å²) in [6.45, 7) is 1.30. The predicted octanol–water partition coefficient (Wildman–Crippen LogP) is 1.23. The summed E-state index contributed by atoms with van der Waals surface area (Å²) >= 11 is 5.73. The Balaban J connectivity index is 2.27. The van der Waals surface area contributed by atoms with E-state index >= 15 is 0 Å². The lowest BCUT2D eigenvalue weighted by Gasteiger charge is -2.06. The van der Waals surface area contributed by atoms with Crippen LogP contribution < -0.4 is 11.1 Å². The fourth-order valence-electron chi connectivity index (χ4n) is 1.12. The van der Waals surface area contributed by atoms with Gasteiger partial charge in [-0.3, -0.25) is 0 Å². The van der Waals surface area contributed by atoms with Crippen molar-refractivity contribution in [2.75, 3.05) is 13.2 Å². The second-order valence-electron chi connectivity index (χ2n) is 3.13. The maximum absolute atomic E-state index is 10.2. The van der Waals surface area contributed by atoms with Crippen LogP contribution in [0.3, 0.4) is 0 Å². The van der Waals surface area contributed by atoms with Crippen LogP contribution in [0.2, 0.25) is 5.02 Å². The number of phenolic OH excluding ortho intramolecular Hbond substituents is 1. The summed E-state index contributed by atoms with van der Waals surface area (Å²) in [6.07, 6.45) is -0.783. The Kier molecular flexibility index (Phi) is 4.88. The number of halogens is 1. The number of nitrogens with two attached hydrogens (primary N) is 1. The van der Waals surface area contributed by atoms with Crippen molar-refractivity contribution in [3.05, 3.63) is 28.8 Å². The minimum absolute atomic E-state index is 0.0579. The second-order valence-corrected chi connectivity index (χ2v) is 3.54. The Morgan fingerprint density at radius 2 is 2.31 bits per heavy atom. The van der Waals surface area contributed by atoms with Gasteiger partial charge in [-0.25, -0.2) is 4.79 Å². The zero-order chi connectivity index (χ0) is 12.0. The van der Waals surface area contributed by atoms with E-state index in [1.54, 1.807) is 12.1 Å². The Morgan fingerprint density at radius 3 is 2.94 bits per heavy atom. The number of carbonyl (C=O) groups is 1. The van der Waals surface area contributed by atoms with Crippen LogP contribution in [0.15, 0.2) is 18.2 Å². The molecule has 0 fully saturated rings. The van der Waals surface area contributed by atoms with Gasteiger partial charge < -0.3 is 20.9 Å². The molecule has 0 aromatic heterocycles. The summed E-state index contributed by atoms with van der Waals surface area (Å²) in [6, 6.07) is 4.95. The molecule has 88 valence electrons. The molecule has 0 aliphatic carbocycles. The van der Waals surface area contributed by atoms with E-state index in [0.717, 1.165) is 5.56 Å². The number of hydrogen-bond acceptors (Lipinski definition) is 4. The zero-order valence-electron chi connectivity index (χ0n) is 8.57. The standard InChI is InChI=1S/C10H13ClN2O3/c11-8-5-7(1-2-9(8)14)6-13-3-4-16-10(12)15/h1-2,5,13-14H,3-4,6H2,(H2,12,15). The normalized spacial score (nSPS) is 10.1. The van der Waals surface area contributed by atoms with Crippen LogP contribution in [-0.4, -0.2) is 24.4 Å². The van der Waals surface area contributed by atoms with Gasteiger partial charge in [-0.2, -0.15) is 0 Å². The van der Waals surface area contributed by atoms with Gasteiger partial charge >= 0.3 is 6.09 Å². The van der Waals surface area contributed by atoms with Gasteiger partial charge in [-0.15, -0.1) is 0 Å². The third-order valence-electron chi connectivity index (χ3n) is 1.86. The van der Waals surface area contributed by atoms with E-state index in [0.29, 0.717) is 18.1 Å². The number of phenols is 1. The molecule has 0 bridgehead atoms. The van der Waals surface area contributed by atoms with E-state index in [9.17, 15) is 9.90 Å². The molecule has 1 rings (SSSR count). The highest BCUT2D eigenvalue weighted by atomic mass is 35.5. The fraction of sp³-hybridized carbons (Fsp3) is 0.300. The average molecular weight is 245 g/mol. The Hall–Kier alpha value is -1.46. The summed E-state index contributed by atoms with van der Waals surface area (Å²) in [5.74, 6) is 0.0579. The molecule has 16 heavy (non-hydrogen) atoms. The molecule has 0 aliphatic heterocycles. The first-order chi connectivity index (χ1) is 7.59. The minimum atomic E-state index is -0.783. The van der Waals surface area contributed by atoms with Crippen molar-refractivity contribution in [2.24, 2.45) is 5.73 Å². The lowest BCUT2D eigenvalue weighted by molar-refractivity contribution is 0.157. The molecule has 0 heterocycles. The molecule has 1 aromatic carbocycles. The highest BCUT2D eigenvalue weighted by Crippen LogP contribution is 2.23. The second kappa shape index (κ2) is 6.19. The van der Waals surface area contributed by atoms with E-state index in [1.807, 2.05) is 0 Å². The molecule has 4 N–H and O–H groups in total. The first-order valence-corrected chi connectivity index (χ1v) is 5.07. The van der Waals surface area contributed by atoms with Crippen LogP contribution in [-0.2, 0) is 11.3 Å². The molecule has 0 radical (unpaired) electrons. The van der Waals surface area contributed by atoms with Crippen molar-refractivity contribution in [1.29, 1.82) is 0 Å². The van der Waals surface area contributed by atoms with E-state index in [1.165, 1.54) is 6.07 Å². The molecular formula is C10H13ClN2O3. The molecule has 0 aliphatic rings. The topological polar surface area (TPSA) is 84.6 Å². The SMILES string of the molecule is NC(=O)OCCNCc1ccc(O)c(Cl)c1. The predicted molar refractivity (Wildman–Crippen MR) is 60.4 cm³/mol. The van der Waals surface area contributed by atoms with Crippen molar-refractivity contribution in [3.8, 4) is 5.75 Å². The van der Waals surface area contributed by atoms with Crippen LogP contribution in [0.5, 0.6) is 5.75 Å². The lowest BCUT2D eigenvalue weighted by atomic mass is 10.2. The van der Waals surface area contributed by atoms with E-state index in [2.05, 4.69) is 10.1 Å². The highest BCUT2D eigenvalue weighted by molar-refractivity contribution is 6.32. The smallest absolute Gasteiger partial charge is 0.404 e. The van der Waals surface area contributed by atoms with E-state index < -0.39 is 6.09 Å². The number of ether oxygens (including phenoxy) is 1. The van der Waals surface area contributed by atoms with Gasteiger partial charge in [0.05, 0.1) is 5.02 Å². The Bertz CT molecular complexity index is 371. The summed E-state index contributed by atoms with van der Waals surface area (Å²) in [7, 11) is 0. The van der Waals surface area contributed by atoms with Gasteiger partial charge in [0.2, 0.25) is 0 Å². The minimum Gasteiger partial charge on any atom is -0.506 e. The molecule has 1 aromatic rings. The monoisotopic (exact) mass is 244 g/mol. The summed E-state index contributed by atoms with van der Waals surface area (Å²) in [4.78, 5) is 10.2. The van der Waals surface area contributed by atoms with Crippen LogP contribution in [0.1, 0.15) is 5.56 Å². The van der Waals surface area contributed by atoms with Gasteiger partial charge in [0, 0.05) is 13.1 Å². The quantitative estimate of drug-likeness (QED) is 0.680. The van der Waals surface area contributed by atoms with Crippen molar-refractivity contribution >= 4 is 17.7 Å². The number of amides is 1. The largest absolute Gasteiger partial charge is 0.506 e. The van der Waals surface area contributed by atoms with Crippen molar-refractivity contribution < 1.29 is 14.6 Å². The molecule has 0 saturated heterocycles. The molecule has 0 unspecified atom stereocenters. The van der Waals surface area contributed by atoms with Crippen LogP contribution in [0.4, 0.5) is 4.79 Å². The van der Waals surface area contributed by atoms with Crippen molar-refractivity contribution in [1.82, 2.24) is 5.32 Å². The van der Waals surface area contributed by atoms with Crippen molar-refractivity contribution in [2.45, 2.75) is 6.54 Å². The summed E-state index contributed by atoms with van der Waals surface area (Å²) in [5.41, 5.74) is 5.72.